The molecule has 3 saturated carbocycles. The minimum atomic E-state index is -0.629. The van der Waals surface area contributed by atoms with Crippen LogP contribution in [-0.4, -0.2) is 84.1 Å². The van der Waals surface area contributed by atoms with Crippen molar-refractivity contribution in [2.45, 2.75) is 102 Å². The van der Waals surface area contributed by atoms with E-state index in [1.54, 1.807) is 30.5 Å². The molecular weight excluding hydrogens is 789 g/mol. The Morgan fingerprint density at radius 3 is 2.20 bits per heavy atom. The first-order chi connectivity index (χ1) is 28.4. The van der Waals surface area contributed by atoms with Crippen molar-refractivity contribution in [3.05, 3.63) is 92.7 Å². The molecule has 0 spiro atoms. The lowest BCUT2D eigenvalue weighted by atomic mass is 9.80. The third-order valence-electron chi connectivity index (χ3n) is 14.3. The number of imidazole rings is 1. The number of carbonyl (C=O) groups is 3. The van der Waals surface area contributed by atoms with Gasteiger partial charge in [0.2, 0.25) is 0 Å². The van der Waals surface area contributed by atoms with Crippen LogP contribution in [0.25, 0.3) is 11.1 Å². The number of rotatable bonds is 10. The normalized spacial score (nSPS) is 25.4. The molecule has 0 unspecified atom stereocenters. The number of benzene rings is 2. The van der Waals surface area contributed by atoms with E-state index in [-0.39, 0.29) is 23.3 Å². The van der Waals surface area contributed by atoms with Crippen LogP contribution >= 0.6 is 23.2 Å². The Morgan fingerprint density at radius 1 is 0.864 bits per heavy atom. The Bertz CT molecular complexity index is 2310. The number of aliphatic hydroxyl groups is 1. The number of aliphatic carboxylic acids is 1. The van der Waals surface area contributed by atoms with Gasteiger partial charge in [0, 0.05) is 68.7 Å². The molecule has 2 aromatic carbocycles. The average molecular weight is 841 g/mol. The Kier molecular flexibility index (Phi) is 10.8. The maximum absolute atomic E-state index is 13.8. The highest BCUT2D eigenvalue weighted by molar-refractivity contribution is 6.40. The van der Waals surface area contributed by atoms with Gasteiger partial charge < -0.3 is 25.4 Å². The Labute approximate surface area is 354 Å². The van der Waals surface area contributed by atoms with Gasteiger partial charge in [0.05, 0.1) is 38.6 Å². The molecule has 310 valence electrons. The third-order valence-corrected chi connectivity index (χ3v) is 15.1. The second kappa shape index (κ2) is 15.9. The van der Waals surface area contributed by atoms with E-state index in [1.807, 2.05) is 29.8 Å². The van der Waals surface area contributed by atoms with Crippen LogP contribution in [0, 0.1) is 10.8 Å². The van der Waals surface area contributed by atoms with Crippen molar-refractivity contribution in [2.24, 2.45) is 17.9 Å². The van der Waals surface area contributed by atoms with Gasteiger partial charge in [0.1, 0.15) is 5.69 Å². The zero-order chi connectivity index (χ0) is 41.1. The molecule has 2 bridgehead atoms. The van der Waals surface area contributed by atoms with E-state index in [2.05, 4.69) is 25.4 Å². The number of aliphatic hydroxyl groups excluding tert-OH is 1. The molecule has 2 amide bonds. The zero-order valence-electron chi connectivity index (χ0n) is 33.4. The van der Waals surface area contributed by atoms with E-state index in [0.717, 1.165) is 126 Å². The molecule has 0 radical (unpaired) electrons. The molecule has 3 aliphatic carbocycles. The van der Waals surface area contributed by atoms with Crippen molar-refractivity contribution < 1.29 is 24.6 Å². The molecule has 5 aliphatic rings. The summed E-state index contributed by atoms with van der Waals surface area (Å²) in [4.78, 5) is 53.4. The minimum absolute atomic E-state index is 0.131. The van der Waals surface area contributed by atoms with Crippen molar-refractivity contribution in [3.8, 4) is 11.1 Å². The number of nitrogens with one attached hydrogen (secondary N) is 2. The molecule has 14 heteroatoms. The lowest BCUT2D eigenvalue weighted by molar-refractivity contribution is -0.148. The summed E-state index contributed by atoms with van der Waals surface area (Å²) in [6.07, 6.45) is 12.3. The number of carboxylic acids is 1. The Hall–Kier alpha value is -4.33. The largest absolute Gasteiger partial charge is 0.481 e. The molecule has 12 nitrogen and oxygen atoms in total. The molecule has 4 N–H and O–H groups in total. The van der Waals surface area contributed by atoms with Gasteiger partial charge in [0.25, 0.3) is 11.8 Å². The van der Waals surface area contributed by atoms with Crippen molar-refractivity contribution in [1.82, 2.24) is 24.3 Å². The van der Waals surface area contributed by atoms with Crippen LogP contribution in [0.1, 0.15) is 108 Å². The monoisotopic (exact) mass is 839 g/mol. The molecule has 0 saturated heterocycles. The summed E-state index contributed by atoms with van der Waals surface area (Å²) >= 11 is 13.9. The first-order valence-electron chi connectivity index (χ1n) is 21.0. The molecule has 3 fully saturated rings. The number of halogens is 2. The van der Waals surface area contributed by atoms with Crippen LogP contribution in [0.3, 0.4) is 0 Å². The fourth-order valence-electron chi connectivity index (χ4n) is 10.7. The predicted molar refractivity (Wildman–Crippen MR) is 227 cm³/mol. The molecular formula is C45H51Cl2N7O5. The third kappa shape index (κ3) is 7.67. The second-order valence-corrected chi connectivity index (χ2v) is 18.4. The van der Waals surface area contributed by atoms with Crippen molar-refractivity contribution in [2.75, 3.05) is 30.3 Å². The number of carboxylic acid groups (broad SMARTS) is 1. The average Bonchev–Trinajstić information content (AvgIpc) is 3.92. The van der Waals surface area contributed by atoms with Gasteiger partial charge in [-0.25, -0.2) is 4.98 Å². The zero-order valence-corrected chi connectivity index (χ0v) is 34.9. The van der Waals surface area contributed by atoms with Gasteiger partial charge in [-0.15, -0.1) is 0 Å². The maximum Gasteiger partial charge on any atom is 0.309 e. The van der Waals surface area contributed by atoms with Crippen molar-refractivity contribution in [1.29, 1.82) is 0 Å². The summed E-state index contributed by atoms with van der Waals surface area (Å²) in [5.41, 5.74) is 6.12. The highest BCUT2D eigenvalue weighted by Crippen LogP contribution is 2.63. The molecule has 2 aromatic heterocycles. The van der Waals surface area contributed by atoms with E-state index < -0.39 is 11.4 Å². The van der Waals surface area contributed by atoms with Crippen LogP contribution in [0.4, 0.5) is 11.4 Å². The molecule has 9 rings (SSSR count). The number of hydrogen-bond acceptors (Lipinski definition) is 8. The molecule has 0 atom stereocenters. The minimum Gasteiger partial charge on any atom is -0.481 e. The van der Waals surface area contributed by atoms with E-state index in [9.17, 15) is 24.6 Å². The number of hydrogen-bond donors (Lipinski definition) is 4. The number of fused-ring (bicyclic) bond motifs is 4. The topological polar surface area (TPSA) is 153 Å². The number of aromatic nitrogens is 3. The van der Waals surface area contributed by atoms with Gasteiger partial charge in [-0.3, -0.25) is 29.2 Å². The summed E-state index contributed by atoms with van der Waals surface area (Å²) in [5.74, 6) is -1.07. The molecule has 4 aromatic rings. The van der Waals surface area contributed by atoms with Gasteiger partial charge >= 0.3 is 5.97 Å². The van der Waals surface area contributed by atoms with Crippen molar-refractivity contribution in [3.63, 3.8) is 0 Å². The van der Waals surface area contributed by atoms with Crippen LogP contribution in [0.15, 0.2) is 48.7 Å². The number of carbonyl (C=O) groups excluding carboxylic acids is 2. The fourth-order valence-corrected chi connectivity index (χ4v) is 11.2. The van der Waals surface area contributed by atoms with Crippen LogP contribution in [0.5, 0.6) is 0 Å². The molecule has 2 aliphatic heterocycles. The van der Waals surface area contributed by atoms with E-state index >= 15 is 0 Å². The molecule has 59 heavy (non-hydrogen) atoms. The number of amides is 2. The Morgan fingerprint density at radius 2 is 1.54 bits per heavy atom. The van der Waals surface area contributed by atoms with E-state index in [1.165, 1.54) is 0 Å². The number of pyridine rings is 1. The highest BCUT2D eigenvalue weighted by atomic mass is 35.5. The van der Waals surface area contributed by atoms with Gasteiger partial charge in [-0.1, -0.05) is 47.5 Å². The lowest BCUT2D eigenvalue weighted by Crippen LogP contribution is -2.42. The summed E-state index contributed by atoms with van der Waals surface area (Å²) in [6, 6.07) is 13.0. The second-order valence-electron chi connectivity index (χ2n) is 17.7. The highest BCUT2D eigenvalue weighted by Gasteiger charge is 2.57. The van der Waals surface area contributed by atoms with Gasteiger partial charge in [0.15, 0.2) is 5.82 Å². The van der Waals surface area contributed by atoms with Crippen molar-refractivity contribution >= 4 is 52.4 Å². The summed E-state index contributed by atoms with van der Waals surface area (Å²) in [6.45, 7) is 4.10. The van der Waals surface area contributed by atoms with Crippen LogP contribution < -0.4 is 10.6 Å². The van der Waals surface area contributed by atoms with Gasteiger partial charge in [-0.05, 0) is 112 Å². The fraction of sp³-hybridized carbons (Fsp3) is 0.489. The number of nitrogens with zero attached hydrogens (tertiary/aromatic N) is 5. The van der Waals surface area contributed by atoms with Crippen LogP contribution in [0.2, 0.25) is 10.0 Å². The molecule has 4 heterocycles. The van der Waals surface area contributed by atoms with Gasteiger partial charge in [-0.2, -0.15) is 0 Å². The Balaban J connectivity index is 0.845. The quantitative estimate of drug-likeness (QED) is 0.126. The van der Waals surface area contributed by atoms with Crippen LogP contribution in [-0.2, 0) is 37.8 Å². The predicted octanol–water partition coefficient (Wildman–Crippen LogP) is 7.74. The van der Waals surface area contributed by atoms with E-state index in [4.69, 9.17) is 28.2 Å². The van der Waals surface area contributed by atoms with E-state index in [0.29, 0.717) is 56.7 Å². The maximum atomic E-state index is 13.8. The SMILES string of the molecule is Cn1c(C(=O)Nc2cccc(-c3cccc(NC(=O)c4cc5c(cn4)CN(C4CCC(O)CC4)CC5)c3Cl)c2Cl)nc2c1CCN(CCC13CCC(C(=O)O)(CC1)C3)C2. The summed E-state index contributed by atoms with van der Waals surface area (Å²) in [5, 5.41) is 26.3. The smallest absolute Gasteiger partial charge is 0.309 e. The first-order valence-corrected chi connectivity index (χ1v) is 21.8. The standard InChI is InChI=1S/C45H51Cl2N7O5/c1-52-37-13-19-53(21-18-44-14-16-45(26-44,17-15-44)43(58)59)25-36(37)49-40(52)42(57)51-34-7-3-5-32(39(34)47)31-4-2-6-33(38(31)46)50-41(56)35-22-27-12-20-54(24-28(27)23-48-35)29-8-10-30(55)11-9-29/h2-7,22-23,29-30,55H,8-21,24-26H2,1H3,(H,50,56)(H,51,57)(H,58,59). The summed E-state index contributed by atoms with van der Waals surface area (Å²) < 4.78 is 1.87. The number of anilines is 2. The summed E-state index contributed by atoms with van der Waals surface area (Å²) in [7, 11) is 1.87. The lowest BCUT2D eigenvalue weighted by Gasteiger charge is -2.38. The first kappa shape index (κ1) is 40.1.